The van der Waals surface area contributed by atoms with Crippen LogP contribution in [0.1, 0.15) is 31.7 Å². The van der Waals surface area contributed by atoms with E-state index in [2.05, 4.69) is 12.1 Å². The lowest BCUT2D eigenvalue weighted by molar-refractivity contribution is -0.142. The van der Waals surface area contributed by atoms with E-state index in [9.17, 15) is 4.79 Å². The van der Waals surface area contributed by atoms with Crippen LogP contribution in [0.25, 0.3) is 0 Å². The summed E-state index contributed by atoms with van der Waals surface area (Å²) < 4.78 is 0. The molecule has 17 heavy (non-hydrogen) atoms. The molecule has 0 fully saturated rings. The summed E-state index contributed by atoms with van der Waals surface area (Å²) in [6.45, 7) is 1.70. The third-order valence-corrected chi connectivity index (χ3v) is 2.24. The van der Waals surface area contributed by atoms with Gasteiger partial charge in [0.25, 0.3) is 0 Å². The Bertz CT molecular complexity index is 374. The van der Waals surface area contributed by atoms with E-state index in [-0.39, 0.29) is 0 Å². The molecule has 0 aliphatic heterocycles. The second kappa shape index (κ2) is 7.44. The van der Waals surface area contributed by atoms with Gasteiger partial charge < -0.3 is 9.94 Å². The molecule has 0 atom stereocenters. The van der Waals surface area contributed by atoms with Crippen molar-refractivity contribution in [3.63, 3.8) is 0 Å². The molecule has 0 aliphatic rings. The van der Waals surface area contributed by atoms with Crippen LogP contribution >= 0.6 is 0 Å². The maximum absolute atomic E-state index is 10.3. The number of unbranched alkanes of at least 4 members (excludes halogenated alkanes) is 1. The minimum absolute atomic E-state index is 0.400. The third-order valence-electron chi connectivity index (χ3n) is 2.24. The molecule has 4 heteroatoms. The molecule has 0 aliphatic carbocycles. The highest BCUT2D eigenvalue weighted by molar-refractivity contribution is 6.00. The van der Waals surface area contributed by atoms with E-state index in [1.54, 1.807) is 0 Å². The molecule has 0 heterocycles. The topological polar surface area (TPSA) is 58.9 Å². The molecule has 0 aromatic heterocycles. The van der Waals surface area contributed by atoms with Crippen LogP contribution in [0.15, 0.2) is 35.5 Å². The van der Waals surface area contributed by atoms with Crippen LogP contribution in [-0.4, -0.2) is 23.4 Å². The van der Waals surface area contributed by atoms with Crippen molar-refractivity contribution < 1.29 is 14.7 Å². The maximum Gasteiger partial charge on any atom is 0.344 e. The average molecular weight is 235 g/mol. The average Bonchev–Trinajstić information content (AvgIpc) is 2.34. The van der Waals surface area contributed by atoms with Gasteiger partial charge in [0.1, 0.15) is 0 Å². The predicted molar refractivity (Wildman–Crippen MR) is 66.1 cm³/mol. The van der Waals surface area contributed by atoms with Gasteiger partial charge in [0.05, 0.1) is 5.71 Å². The Morgan fingerprint density at radius 2 is 2.06 bits per heavy atom. The first kappa shape index (κ1) is 13.2. The standard InChI is InChI=1S/C13H17NO3/c1-2-3-9-12(14-17-10-13(15)16)11-7-5-4-6-8-11/h4-8H,2-3,9-10H2,1H3,(H,15,16). The fourth-order valence-corrected chi connectivity index (χ4v) is 1.38. The van der Waals surface area contributed by atoms with E-state index in [0.717, 1.165) is 30.5 Å². The Kier molecular flexibility index (Phi) is 5.79. The molecule has 0 saturated heterocycles. The van der Waals surface area contributed by atoms with Gasteiger partial charge in [0.15, 0.2) is 0 Å². The molecule has 4 nitrogen and oxygen atoms in total. The number of oxime groups is 1. The lowest BCUT2D eigenvalue weighted by Gasteiger charge is -2.05. The number of carbonyl (C=O) groups is 1. The molecule has 1 aromatic carbocycles. The quantitative estimate of drug-likeness (QED) is 0.584. The number of carboxylic acids is 1. The predicted octanol–water partition coefficient (Wildman–Crippen LogP) is 2.68. The number of hydrogen-bond acceptors (Lipinski definition) is 3. The molecular weight excluding hydrogens is 218 g/mol. The number of nitrogens with zero attached hydrogens (tertiary/aromatic N) is 1. The van der Waals surface area contributed by atoms with Gasteiger partial charge in [-0.1, -0.05) is 48.8 Å². The molecule has 1 aromatic rings. The molecule has 0 radical (unpaired) electrons. The first-order chi connectivity index (χ1) is 8.24. The van der Waals surface area contributed by atoms with Crippen LogP contribution in [0, 0.1) is 0 Å². The molecule has 1 N–H and O–H groups in total. The molecule has 0 saturated carbocycles. The van der Waals surface area contributed by atoms with Gasteiger partial charge in [-0.3, -0.25) is 0 Å². The Hall–Kier alpha value is -1.84. The Morgan fingerprint density at radius 1 is 1.35 bits per heavy atom. The fourth-order valence-electron chi connectivity index (χ4n) is 1.38. The largest absolute Gasteiger partial charge is 0.479 e. The zero-order valence-corrected chi connectivity index (χ0v) is 9.93. The lowest BCUT2D eigenvalue weighted by atomic mass is 10.1. The lowest BCUT2D eigenvalue weighted by Crippen LogP contribution is -2.07. The van der Waals surface area contributed by atoms with Crippen LogP contribution in [0.4, 0.5) is 0 Å². The minimum atomic E-state index is -1.02. The number of hydrogen-bond donors (Lipinski definition) is 1. The molecule has 0 amide bonds. The monoisotopic (exact) mass is 235 g/mol. The second-order valence-corrected chi connectivity index (χ2v) is 3.67. The highest BCUT2D eigenvalue weighted by atomic mass is 16.6. The third kappa shape index (κ3) is 5.15. The fraction of sp³-hybridized carbons (Fsp3) is 0.385. The summed E-state index contributed by atoms with van der Waals surface area (Å²) >= 11 is 0. The van der Waals surface area contributed by atoms with Crippen molar-refractivity contribution in [3.8, 4) is 0 Å². The zero-order valence-electron chi connectivity index (χ0n) is 9.93. The maximum atomic E-state index is 10.3. The summed E-state index contributed by atoms with van der Waals surface area (Å²) in [4.78, 5) is 15.1. The van der Waals surface area contributed by atoms with Gasteiger partial charge in [0.2, 0.25) is 6.61 Å². The number of carboxylic acid groups (broad SMARTS) is 1. The van der Waals surface area contributed by atoms with Gasteiger partial charge in [-0.25, -0.2) is 4.79 Å². The van der Waals surface area contributed by atoms with E-state index < -0.39 is 12.6 Å². The van der Waals surface area contributed by atoms with Crippen molar-refractivity contribution in [2.75, 3.05) is 6.61 Å². The number of benzene rings is 1. The SMILES string of the molecule is CCCCC(=NOCC(=O)O)c1ccccc1. The van der Waals surface area contributed by atoms with E-state index in [1.165, 1.54) is 0 Å². The van der Waals surface area contributed by atoms with Crippen LogP contribution in [0.3, 0.4) is 0 Å². The highest BCUT2D eigenvalue weighted by Crippen LogP contribution is 2.08. The van der Waals surface area contributed by atoms with Crippen molar-refractivity contribution in [3.05, 3.63) is 35.9 Å². The zero-order chi connectivity index (χ0) is 12.5. The van der Waals surface area contributed by atoms with Crippen LogP contribution < -0.4 is 0 Å². The molecule has 0 bridgehead atoms. The van der Waals surface area contributed by atoms with E-state index in [0.29, 0.717) is 0 Å². The smallest absolute Gasteiger partial charge is 0.344 e. The number of aliphatic carboxylic acids is 1. The first-order valence-electron chi connectivity index (χ1n) is 5.70. The van der Waals surface area contributed by atoms with Gasteiger partial charge >= 0.3 is 5.97 Å². The van der Waals surface area contributed by atoms with Gasteiger partial charge in [-0.2, -0.15) is 0 Å². The van der Waals surface area contributed by atoms with Gasteiger partial charge in [-0.15, -0.1) is 0 Å². The van der Waals surface area contributed by atoms with E-state index in [1.807, 2.05) is 30.3 Å². The van der Waals surface area contributed by atoms with Crippen molar-refractivity contribution in [2.24, 2.45) is 5.16 Å². The van der Waals surface area contributed by atoms with E-state index >= 15 is 0 Å². The van der Waals surface area contributed by atoms with Crippen molar-refractivity contribution in [2.45, 2.75) is 26.2 Å². The summed E-state index contributed by atoms with van der Waals surface area (Å²) in [5, 5.41) is 12.4. The summed E-state index contributed by atoms with van der Waals surface area (Å²) in [7, 11) is 0. The first-order valence-corrected chi connectivity index (χ1v) is 5.70. The number of rotatable bonds is 7. The molecular formula is C13H17NO3. The molecule has 92 valence electrons. The Morgan fingerprint density at radius 3 is 2.65 bits per heavy atom. The Labute approximate surface area is 101 Å². The highest BCUT2D eigenvalue weighted by Gasteiger charge is 2.04. The summed E-state index contributed by atoms with van der Waals surface area (Å²) in [6, 6.07) is 9.66. The van der Waals surface area contributed by atoms with E-state index in [4.69, 9.17) is 9.94 Å². The molecule has 0 spiro atoms. The van der Waals surface area contributed by atoms with Crippen LogP contribution in [0.2, 0.25) is 0 Å². The summed E-state index contributed by atoms with van der Waals surface area (Å²) in [5.74, 6) is -1.02. The van der Waals surface area contributed by atoms with Gasteiger partial charge in [-0.05, 0) is 18.4 Å². The molecule has 1 rings (SSSR count). The van der Waals surface area contributed by atoms with Crippen molar-refractivity contribution in [1.82, 2.24) is 0 Å². The molecule has 0 unspecified atom stereocenters. The summed E-state index contributed by atoms with van der Waals surface area (Å²) in [5.41, 5.74) is 1.78. The minimum Gasteiger partial charge on any atom is -0.479 e. The van der Waals surface area contributed by atoms with Crippen molar-refractivity contribution >= 4 is 11.7 Å². The van der Waals surface area contributed by atoms with Crippen LogP contribution in [-0.2, 0) is 9.63 Å². The Balaban J connectivity index is 2.69. The normalized spacial score (nSPS) is 11.2. The van der Waals surface area contributed by atoms with Crippen molar-refractivity contribution in [1.29, 1.82) is 0 Å². The summed E-state index contributed by atoms with van der Waals surface area (Å²) in [6.07, 6.45) is 2.86. The second-order valence-electron chi connectivity index (χ2n) is 3.67. The van der Waals surface area contributed by atoms with Gasteiger partial charge in [0, 0.05) is 0 Å². The van der Waals surface area contributed by atoms with Crippen LogP contribution in [0.5, 0.6) is 0 Å².